The van der Waals surface area contributed by atoms with Crippen LogP contribution in [0.5, 0.6) is 0 Å². The van der Waals surface area contributed by atoms with Crippen LogP contribution >= 0.6 is 11.3 Å². The zero-order valence-electron chi connectivity index (χ0n) is 15.5. The molecule has 2 aromatic rings. The van der Waals surface area contributed by atoms with Gasteiger partial charge in [-0.1, -0.05) is 41.2 Å². The zero-order chi connectivity index (χ0) is 18.8. The molecule has 26 heavy (non-hydrogen) atoms. The van der Waals surface area contributed by atoms with Crippen LogP contribution in [-0.4, -0.2) is 47.9 Å². The molecule has 1 aliphatic rings. The molecule has 138 valence electrons. The Kier molecular flexibility index (Phi) is 5.27. The number of likely N-dealkylation sites (tertiary alicyclic amines) is 1. The maximum absolute atomic E-state index is 13.0. The van der Waals surface area contributed by atoms with Gasteiger partial charge in [0.25, 0.3) is 5.91 Å². The number of nitrogens with one attached hydrogen (secondary N) is 2. The SMILES string of the molecule is CNc1nc(C)c(C(=O)N2C[C@H](NC(C)=O)[C@@H](c3ccc(C)cc3)C2)s1. The van der Waals surface area contributed by atoms with Gasteiger partial charge in [0, 0.05) is 33.0 Å². The Morgan fingerprint density at radius 3 is 2.46 bits per heavy atom. The second-order valence-electron chi connectivity index (χ2n) is 6.72. The quantitative estimate of drug-likeness (QED) is 0.865. The first-order valence-corrected chi connectivity index (χ1v) is 9.48. The van der Waals surface area contributed by atoms with Crippen molar-refractivity contribution in [2.45, 2.75) is 32.7 Å². The van der Waals surface area contributed by atoms with Gasteiger partial charge in [0.1, 0.15) is 4.88 Å². The maximum Gasteiger partial charge on any atom is 0.266 e. The summed E-state index contributed by atoms with van der Waals surface area (Å²) < 4.78 is 0. The van der Waals surface area contributed by atoms with Crippen LogP contribution in [-0.2, 0) is 4.79 Å². The monoisotopic (exact) mass is 372 g/mol. The highest BCUT2D eigenvalue weighted by Crippen LogP contribution is 2.31. The average Bonchev–Trinajstić information content (AvgIpc) is 3.18. The molecule has 2 N–H and O–H groups in total. The highest BCUT2D eigenvalue weighted by atomic mass is 32.1. The molecule has 7 heteroatoms. The lowest BCUT2D eigenvalue weighted by Gasteiger charge is -2.19. The summed E-state index contributed by atoms with van der Waals surface area (Å²) in [5.41, 5.74) is 3.07. The first-order valence-electron chi connectivity index (χ1n) is 8.67. The van der Waals surface area contributed by atoms with Crippen molar-refractivity contribution in [1.82, 2.24) is 15.2 Å². The molecule has 2 atom stereocenters. The number of aryl methyl sites for hydroxylation is 2. The van der Waals surface area contributed by atoms with Crippen LogP contribution in [0.2, 0.25) is 0 Å². The van der Waals surface area contributed by atoms with Gasteiger partial charge < -0.3 is 15.5 Å². The van der Waals surface area contributed by atoms with Crippen molar-refractivity contribution in [1.29, 1.82) is 0 Å². The number of anilines is 1. The second-order valence-corrected chi connectivity index (χ2v) is 7.72. The Bertz CT molecular complexity index is 815. The van der Waals surface area contributed by atoms with Crippen molar-refractivity contribution in [3.05, 3.63) is 46.0 Å². The Morgan fingerprint density at radius 1 is 1.19 bits per heavy atom. The molecule has 0 radical (unpaired) electrons. The standard InChI is InChI=1S/C19H24N4O2S/c1-11-5-7-14(8-6-11)15-9-23(10-16(15)22-13(3)24)18(25)17-12(2)21-19(20-4)26-17/h5-8,15-16H,9-10H2,1-4H3,(H,20,21)(H,22,24)/t15-,16+/m1/s1. The van der Waals surface area contributed by atoms with Gasteiger partial charge in [-0.25, -0.2) is 4.98 Å². The van der Waals surface area contributed by atoms with Gasteiger partial charge in [-0.2, -0.15) is 0 Å². The molecule has 0 saturated carbocycles. The number of nitrogens with zero attached hydrogens (tertiary/aromatic N) is 2. The fourth-order valence-electron chi connectivity index (χ4n) is 3.37. The third-order valence-electron chi connectivity index (χ3n) is 4.71. The lowest BCUT2D eigenvalue weighted by molar-refractivity contribution is -0.119. The molecule has 1 saturated heterocycles. The van der Waals surface area contributed by atoms with Crippen LogP contribution in [0.1, 0.15) is 39.3 Å². The predicted octanol–water partition coefficient (Wildman–Crippen LogP) is 2.55. The molecule has 1 aliphatic heterocycles. The number of carbonyl (C=O) groups is 2. The number of rotatable bonds is 4. The Labute approximate surface area is 157 Å². The van der Waals surface area contributed by atoms with Gasteiger partial charge in [-0.3, -0.25) is 9.59 Å². The molecule has 0 bridgehead atoms. The van der Waals surface area contributed by atoms with Crippen LogP contribution in [0.3, 0.4) is 0 Å². The summed E-state index contributed by atoms with van der Waals surface area (Å²) >= 11 is 1.37. The average molecular weight is 372 g/mol. The lowest BCUT2D eigenvalue weighted by atomic mass is 9.93. The van der Waals surface area contributed by atoms with Crippen molar-refractivity contribution in [3.63, 3.8) is 0 Å². The smallest absolute Gasteiger partial charge is 0.266 e. The maximum atomic E-state index is 13.0. The number of hydrogen-bond acceptors (Lipinski definition) is 5. The van der Waals surface area contributed by atoms with E-state index in [-0.39, 0.29) is 23.8 Å². The normalized spacial score (nSPS) is 19.5. The van der Waals surface area contributed by atoms with Crippen molar-refractivity contribution in [3.8, 4) is 0 Å². The summed E-state index contributed by atoms with van der Waals surface area (Å²) in [4.78, 5) is 31.5. The third-order valence-corrected chi connectivity index (χ3v) is 5.87. The van der Waals surface area contributed by atoms with E-state index in [9.17, 15) is 9.59 Å². The lowest BCUT2D eigenvalue weighted by Crippen LogP contribution is -2.39. The van der Waals surface area contributed by atoms with Gasteiger partial charge in [0.2, 0.25) is 5.91 Å². The van der Waals surface area contributed by atoms with Gasteiger partial charge >= 0.3 is 0 Å². The van der Waals surface area contributed by atoms with Crippen molar-refractivity contribution in [2.75, 3.05) is 25.5 Å². The molecule has 3 rings (SSSR count). The van der Waals surface area contributed by atoms with E-state index in [1.807, 2.05) is 18.7 Å². The summed E-state index contributed by atoms with van der Waals surface area (Å²) in [6, 6.07) is 8.21. The number of aromatic nitrogens is 1. The molecule has 1 aromatic carbocycles. The molecule has 2 amide bonds. The molecule has 1 aromatic heterocycles. The first-order chi connectivity index (χ1) is 12.4. The summed E-state index contributed by atoms with van der Waals surface area (Å²) in [5.74, 6) is -0.0141. The number of carbonyl (C=O) groups excluding carboxylic acids is 2. The van der Waals surface area contributed by atoms with E-state index in [0.29, 0.717) is 18.0 Å². The van der Waals surface area contributed by atoms with Crippen LogP contribution in [0, 0.1) is 13.8 Å². The fourth-order valence-corrected chi connectivity index (χ4v) is 4.26. The first kappa shape index (κ1) is 18.4. The fraction of sp³-hybridized carbons (Fsp3) is 0.421. The zero-order valence-corrected chi connectivity index (χ0v) is 16.3. The summed E-state index contributed by atoms with van der Waals surface area (Å²) in [5, 5.41) is 6.74. The van der Waals surface area contributed by atoms with Gasteiger partial charge in [-0.15, -0.1) is 0 Å². The predicted molar refractivity (Wildman–Crippen MR) is 104 cm³/mol. The van der Waals surface area contributed by atoms with E-state index in [2.05, 4.69) is 39.9 Å². The summed E-state index contributed by atoms with van der Waals surface area (Å²) in [6.07, 6.45) is 0. The van der Waals surface area contributed by atoms with E-state index >= 15 is 0 Å². The Morgan fingerprint density at radius 2 is 1.88 bits per heavy atom. The van der Waals surface area contributed by atoms with Crippen LogP contribution in [0.4, 0.5) is 5.13 Å². The molecule has 6 nitrogen and oxygen atoms in total. The van der Waals surface area contributed by atoms with Gasteiger partial charge in [0.05, 0.1) is 11.7 Å². The van der Waals surface area contributed by atoms with Crippen LogP contribution in [0.15, 0.2) is 24.3 Å². The van der Waals surface area contributed by atoms with Gasteiger partial charge in [0.15, 0.2) is 5.13 Å². The molecule has 2 heterocycles. The Balaban J connectivity index is 1.85. The third kappa shape index (κ3) is 3.72. The van der Waals surface area contributed by atoms with Crippen molar-refractivity contribution >= 4 is 28.3 Å². The minimum absolute atomic E-state index is 0.0218. The number of thiazole rings is 1. The van der Waals surface area contributed by atoms with E-state index in [1.165, 1.54) is 23.8 Å². The van der Waals surface area contributed by atoms with E-state index in [1.54, 1.807) is 7.05 Å². The molecular weight excluding hydrogens is 348 g/mol. The topological polar surface area (TPSA) is 74.3 Å². The molecule has 0 unspecified atom stereocenters. The number of benzene rings is 1. The van der Waals surface area contributed by atoms with Gasteiger partial charge in [-0.05, 0) is 19.4 Å². The summed E-state index contributed by atoms with van der Waals surface area (Å²) in [7, 11) is 1.79. The molecular formula is C19H24N4O2S. The molecule has 0 spiro atoms. The minimum Gasteiger partial charge on any atom is -0.365 e. The Hall–Kier alpha value is -2.41. The number of amides is 2. The highest BCUT2D eigenvalue weighted by Gasteiger charge is 2.37. The highest BCUT2D eigenvalue weighted by molar-refractivity contribution is 7.17. The van der Waals surface area contributed by atoms with Crippen molar-refractivity contribution < 1.29 is 9.59 Å². The van der Waals surface area contributed by atoms with Crippen LogP contribution < -0.4 is 10.6 Å². The minimum atomic E-state index is -0.0869. The van der Waals surface area contributed by atoms with E-state index in [4.69, 9.17) is 0 Å². The van der Waals surface area contributed by atoms with E-state index in [0.717, 1.165) is 16.4 Å². The largest absolute Gasteiger partial charge is 0.365 e. The van der Waals surface area contributed by atoms with E-state index < -0.39 is 0 Å². The van der Waals surface area contributed by atoms with Crippen molar-refractivity contribution in [2.24, 2.45) is 0 Å². The molecule has 0 aliphatic carbocycles. The second kappa shape index (κ2) is 7.45. The number of hydrogen-bond donors (Lipinski definition) is 2. The van der Waals surface area contributed by atoms with Crippen LogP contribution in [0.25, 0.3) is 0 Å². The molecule has 1 fully saturated rings. The summed E-state index contributed by atoms with van der Waals surface area (Å²) in [6.45, 7) is 6.50.